The largest absolute Gasteiger partial charge is 0.307 e. The molecule has 1 atom stereocenters. The van der Waals surface area contributed by atoms with E-state index < -0.39 is 0 Å². The molecule has 0 spiro atoms. The van der Waals surface area contributed by atoms with E-state index in [-0.39, 0.29) is 0 Å². The van der Waals surface area contributed by atoms with Crippen LogP contribution in [-0.4, -0.2) is 6.54 Å². The highest BCUT2D eigenvalue weighted by Gasteiger charge is 2.20. The van der Waals surface area contributed by atoms with Crippen molar-refractivity contribution in [2.24, 2.45) is 0 Å². The Bertz CT molecular complexity index is 431. The first-order valence-corrected chi connectivity index (χ1v) is 7.22. The number of aryl methyl sites for hydroxylation is 1. The predicted molar refractivity (Wildman–Crippen MR) is 78.9 cm³/mol. The molecule has 1 N–H and O–H groups in total. The van der Waals surface area contributed by atoms with E-state index in [0.29, 0.717) is 6.04 Å². The van der Waals surface area contributed by atoms with Crippen molar-refractivity contribution in [2.45, 2.75) is 52.5 Å². The van der Waals surface area contributed by atoms with Crippen LogP contribution in [0.25, 0.3) is 0 Å². The molecule has 0 radical (unpaired) electrons. The van der Waals surface area contributed by atoms with E-state index in [9.17, 15) is 0 Å². The lowest BCUT2D eigenvalue weighted by molar-refractivity contribution is 0.576. The Labute approximate surface area is 111 Å². The first-order chi connectivity index (χ1) is 8.74. The number of rotatable bonds is 5. The maximum atomic E-state index is 3.73. The van der Waals surface area contributed by atoms with Crippen molar-refractivity contribution in [3.05, 3.63) is 46.5 Å². The number of nitrogens with one attached hydrogen (secondary N) is 1. The second-order valence-corrected chi connectivity index (χ2v) is 5.35. The Balaban J connectivity index is 2.30. The third kappa shape index (κ3) is 2.84. The zero-order chi connectivity index (χ0) is 13.0. The van der Waals surface area contributed by atoms with E-state index in [4.69, 9.17) is 0 Å². The maximum absolute atomic E-state index is 3.73. The Morgan fingerprint density at radius 2 is 2.11 bits per heavy atom. The molecular formula is C17H25N. The fourth-order valence-electron chi connectivity index (χ4n) is 2.77. The van der Waals surface area contributed by atoms with Gasteiger partial charge in [-0.15, -0.1) is 0 Å². The molecule has 0 amide bonds. The standard InChI is InChI=1S/C17H25N/c1-4-12-18-17(15-9-5-6-10-15)16-11-7-8-13(2)14(16)3/h7-9,11,17-18H,4-6,10,12H2,1-3H3. The van der Waals surface area contributed by atoms with Gasteiger partial charge < -0.3 is 5.32 Å². The highest BCUT2D eigenvalue weighted by atomic mass is 14.9. The third-order valence-corrected chi connectivity index (χ3v) is 4.00. The van der Waals surface area contributed by atoms with E-state index in [0.717, 1.165) is 6.54 Å². The van der Waals surface area contributed by atoms with Gasteiger partial charge in [0.25, 0.3) is 0 Å². The van der Waals surface area contributed by atoms with Crippen molar-refractivity contribution >= 4 is 0 Å². The first-order valence-electron chi connectivity index (χ1n) is 7.22. The van der Waals surface area contributed by atoms with Gasteiger partial charge in [0.05, 0.1) is 6.04 Å². The Morgan fingerprint density at radius 3 is 2.78 bits per heavy atom. The van der Waals surface area contributed by atoms with E-state index in [1.165, 1.54) is 42.4 Å². The highest BCUT2D eigenvalue weighted by Crippen LogP contribution is 2.32. The Kier molecular flexibility index (Phi) is 4.60. The van der Waals surface area contributed by atoms with Crippen molar-refractivity contribution < 1.29 is 0 Å². The van der Waals surface area contributed by atoms with Gasteiger partial charge in [0.1, 0.15) is 0 Å². The molecule has 1 aromatic carbocycles. The Hall–Kier alpha value is -1.08. The first kappa shape index (κ1) is 13.4. The van der Waals surface area contributed by atoms with Crippen LogP contribution in [0.1, 0.15) is 55.3 Å². The molecule has 1 nitrogen and oxygen atoms in total. The summed E-state index contributed by atoms with van der Waals surface area (Å²) in [5.74, 6) is 0. The van der Waals surface area contributed by atoms with E-state index >= 15 is 0 Å². The molecule has 0 aromatic heterocycles. The number of benzene rings is 1. The molecule has 18 heavy (non-hydrogen) atoms. The van der Waals surface area contributed by atoms with E-state index in [2.05, 4.69) is 50.4 Å². The van der Waals surface area contributed by atoms with Crippen LogP contribution in [0.5, 0.6) is 0 Å². The summed E-state index contributed by atoms with van der Waals surface area (Å²) >= 11 is 0. The zero-order valence-corrected chi connectivity index (χ0v) is 11.9. The van der Waals surface area contributed by atoms with Gasteiger partial charge in [-0.3, -0.25) is 0 Å². The van der Waals surface area contributed by atoms with Gasteiger partial charge in [0.15, 0.2) is 0 Å². The molecule has 0 bridgehead atoms. The minimum atomic E-state index is 0.437. The molecular weight excluding hydrogens is 218 g/mol. The van der Waals surface area contributed by atoms with Crippen LogP contribution in [0.3, 0.4) is 0 Å². The van der Waals surface area contributed by atoms with Gasteiger partial charge in [-0.05, 0) is 62.8 Å². The van der Waals surface area contributed by atoms with Crippen molar-refractivity contribution in [1.82, 2.24) is 5.32 Å². The summed E-state index contributed by atoms with van der Waals surface area (Å²) in [6.07, 6.45) is 7.47. The quantitative estimate of drug-likeness (QED) is 0.753. The van der Waals surface area contributed by atoms with Crippen molar-refractivity contribution in [3.8, 4) is 0 Å². The molecule has 1 aliphatic rings. The lowest BCUT2D eigenvalue weighted by atomic mass is 9.92. The molecule has 2 rings (SSSR count). The average Bonchev–Trinajstić information content (AvgIpc) is 2.88. The minimum absolute atomic E-state index is 0.437. The molecule has 0 saturated heterocycles. The van der Waals surface area contributed by atoms with Crippen LogP contribution < -0.4 is 5.32 Å². The summed E-state index contributed by atoms with van der Waals surface area (Å²) in [5, 5.41) is 3.73. The molecule has 0 heterocycles. The van der Waals surface area contributed by atoms with Crippen molar-refractivity contribution in [1.29, 1.82) is 0 Å². The molecule has 0 fully saturated rings. The number of hydrogen-bond donors (Lipinski definition) is 1. The SMILES string of the molecule is CCCNC(C1=CCCC1)c1cccc(C)c1C. The predicted octanol–water partition coefficient (Wildman–Crippen LogP) is 4.45. The lowest BCUT2D eigenvalue weighted by Crippen LogP contribution is -2.24. The molecule has 1 unspecified atom stereocenters. The summed E-state index contributed by atoms with van der Waals surface area (Å²) < 4.78 is 0. The van der Waals surface area contributed by atoms with Gasteiger partial charge in [0, 0.05) is 0 Å². The van der Waals surface area contributed by atoms with E-state index in [1.54, 1.807) is 5.57 Å². The van der Waals surface area contributed by atoms with Gasteiger partial charge in [0.2, 0.25) is 0 Å². The van der Waals surface area contributed by atoms with Crippen LogP contribution in [0.15, 0.2) is 29.8 Å². The minimum Gasteiger partial charge on any atom is -0.307 e. The summed E-state index contributed by atoms with van der Waals surface area (Å²) in [4.78, 5) is 0. The monoisotopic (exact) mass is 243 g/mol. The molecule has 1 aliphatic carbocycles. The van der Waals surface area contributed by atoms with Gasteiger partial charge in [-0.25, -0.2) is 0 Å². The number of hydrogen-bond acceptors (Lipinski definition) is 1. The van der Waals surface area contributed by atoms with Crippen molar-refractivity contribution in [2.75, 3.05) is 6.54 Å². The summed E-state index contributed by atoms with van der Waals surface area (Å²) in [7, 11) is 0. The van der Waals surface area contributed by atoms with E-state index in [1.807, 2.05) is 0 Å². The lowest BCUT2D eigenvalue weighted by Gasteiger charge is -2.23. The van der Waals surface area contributed by atoms with Crippen molar-refractivity contribution in [3.63, 3.8) is 0 Å². The summed E-state index contributed by atoms with van der Waals surface area (Å²) in [5.41, 5.74) is 5.90. The molecule has 98 valence electrons. The molecule has 1 aromatic rings. The fourth-order valence-corrected chi connectivity index (χ4v) is 2.77. The highest BCUT2D eigenvalue weighted by molar-refractivity contribution is 5.39. The second-order valence-electron chi connectivity index (χ2n) is 5.35. The normalized spacial score (nSPS) is 16.7. The molecule has 1 heteroatoms. The van der Waals surface area contributed by atoms with Crippen LogP contribution >= 0.6 is 0 Å². The smallest absolute Gasteiger partial charge is 0.0538 e. The van der Waals surface area contributed by atoms with Crippen LogP contribution in [0.2, 0.25) is 0 Å². The van der Waals surface area contributed by atoms with Gasteiger partial charge >= 0.3 is 0 Å². The molecule has 0 saturated carbocycles. The molecule has 0 aliphatic heterocycles. The summed E-state index contributed by atoms with van der Waals surface area (Å²) in [6, 6.07) is 7.12. The van der Waals surface area contributed by atoms with Crippen LogP contribution in [-0.2, 0) is 0 Å². The van der Waals surface area contributed by atoms with Gasteiger partial charge in [-0.2, -0.15) is 0 Å². The summed E-state index contributed by atoms with van der Waals surface area (Å²) in [6.45, 7) is 7.78. The fraction of sp³-hybridized carbons (Fsp3) is 0.529. The Morgan fingerprint density at radius 1 is 1.28 bits per heavy atom. The topological polar surface area (TPSA) is 12.0 Å². The van der Waals surface area contributed by atoms with Crippen LogP contribution in [0.4, 0.5) is 0 Å². The zero-order valence-electron chi connectivity index (χ0n) is 11.9. The second kappa shape index (κ2) is 6.19. The third-order valence-electron chi connectivity index (χ3n) is 4.00. The van der Waals surface area contributed by atoms with Gasteiger partial charge in [-0.1, -0.05) is 36.8 Å². The average molecular weight is 243 g/mol. The van der Waals surface area contributed by atoms with Crippen LogP contribution in [0, 0.1) is 13.8 Å². The maximum Gasteiger partial charge on any atom is 0.0538 e. The number of allylic oxidation sites excluding steroid dienone is 1.